The van der Waals surface area contributed by atoms with E-state index in [-0.39, 0.29) is 27.9 Å². The molecule has 0 heterocycles. The second-order valence-corrected chi connectivity index (χ2v) is 7.45. The molecule has 0 saturated carbocycles. The summed E-state index contributed by atoms with van der Waals surface area (Å²) in [5.41, 5.74) is 0.866. The number of hydrogen-bond donors (Lipinski definition) is 0. The number of carbonyl (C=O) groups excluding carboxylic acids is 1. The third-order valence-electron chi connectivity index (χ3n) is 3.32. The Kier molecular flexibility index (Phi) is 12.3. The molecule has 1 rings (SSSR count). The van der Waals surface area contributed by atoms with Crippen LogP contribution in [0.2, 0.25) is 0 Å². The van der Waals surface area contributed by atoms with Gasteiger partial charge in [0.2, 0.25) is 5.78 Å². The van der Waals surface area contributed by atoms with Gasteiger partial charge in [-0.15, -0.1) is 0 Å². The van der Waals surface area contributed by atoms with E-state index in [1.54, 1.807) is 0 Å². The SMILES string of the molecule is CCCCCCCC[S+](C)CC(=O)c1ccccc1.[Br-]. The predicted molar refractivity (Wildman–Crippen MR) is 87.2 cm³/mol. The first-order valence-corrected chi connectivity index (χ1v) is 9.38. The summed E-state index contributed by atoms with van der Waals surface area (Å²) in [6, 6.07) is 9.68. The Balaban J connectivity index is 0.00000361. The molecule has 1 aromatic rings. The van der Waals surface area contributed by atoms with Crippen LogP contribution in [-0.4, -0.2) is 23.5 Å². The molecule has 0 bridgehead atoms. The molecule has 0 aliphatic carbocycles. The molecule has 0 amide bonds. The monoisotopic (exact) mass is 358 g/mol. The second-order valence-electron chi connectivity index (χ2n) is 5.19. The summed E-state index contributed by atoms with van der Waals surface area (Å²) in [6.45, 7) is 2.25. The number of carbonyl (C=O) groups is 1. The minimum atomic E-state index is 0. The highest BCUT2D eigenvalue weighted by Gasteiger charge is 2.17. The van der Waals surface area contributed by atoms with Gasteiger partial charge in [-0.25, -0.2) is 0 Å². The molecule has 0 aromatic heterocycles. The highest BCUT2D eigenvalue weighted by Crippen LogP contribution is 2.08. The van der Waals surface area contributed by atoms with E-state index < -0.39 is 0 Å². The fourth-order valence-electron chi connectivity index (χ4n) is 2.13. The van der Waals surface area contributed by atoms with E-state index in [0.717, 1.165) is 11.3 Å². The molecule has 1 nitrogen and oxygen atoms in total. The van der Waals surface area contributed by atoms with Crippen molar-refractivity contribution in [3.05, 3.63) is 35.9 Å². The van der Waals surface area contributed by atoms with Gasteiger partial charge >= 0.3 is 0 Å². The molecule has 0 saturated heterocycles. The zero-order valence-electron chi connectivity index (χ0n) is 12.7. The number of halogens is 1. The molecule has 0 fully saturated rings. The van der Waals surface area contributed by atoms with Crippen molar-refractivity contribution in [1.82, 2.24) is 0 Å². The molecule has 0 radical (unpaired) electrons. The lowest BCUT2D eigenvalue weighted by Crippen LogP contribution is -3.00. The van der Waals surface area contributed by atoms with E-state index in [2.05, 4.69) is 13.2 Å². The Morgan fingerprint density at radius 3 is 2.25 bits per heavy atom. The first kappa shape index (κ1) is 19.7. The van der Waals surface area contributed by atoms with Crippen molar-refractivity contribution in [3.63, 3.8) is 0 Å². The quantitative estimate of drug-likeness (QED) is 0.351. The van der Waals surface area contributed by atoms with Crippen LogP contribution in [0.4, 0.5) is 0 Å². The molecule has 0 N–H and O–H groups in total. The van der Waals surface area contributed by atoms with Gasteiger partial charge in [-0.1, -0.05) is 62.9 Å². The number of benzene rings is 1. The van der Waals surface area contributed by atoms with Crippen LogP contribution in [0.25, 0.3) is 0 Å². The maximum absolute atomic E-state index is 12.0. The lowest BCUT2D eigenvalue weighted by molar-refractivity contribution is -0.0000119. The van der Waals surface area contributed by atoms with Gasteiger partial charge in [0, 0.05) is 5.56 Å². The Bertz CT molecular complexity index is 353. The normalized spacial score (nSPS) is 11.7. The van der Waals surface area contributed by atoms with Crippen molar-refractivity contribution < 1.29 is 21.8 Å². The molecule has 114 valence electrons. The number of hydrogen-bond acceptors (Lipinski definition) is 1. The maximum atomic E-state index is 12.0. The molecule has 3 heteroatoms. The lowest BCUT2D eigenvalue weighted by atomic mass is 10.1. The number of unbranched alkanes of at least 4 members (excludes halogenated alkanes) is 5. The van der Waals surface area contributed by atoms with E-state index in [0.29, 0.717) is 5.78 Å². The summed E-state index contributed by atoms with van der Waals surface area (Å²) >= 11 is 0. The Morgan fingerprint density at radius 1 is 1.00 bits per heavy atom. The van der Waals surface area contributed by atoms with Crippen LogP contribution in [-0.2, 0) is 10.9 Å². The summed E-state index contributed by atoms with van der Waals surface area (Å²) in [5, 5.41) is 0. The summed E-state index contributed by atoms with van der Waals surface area (Å²) in [5.74, 6) is 2.24. The molecule has 0 aliphatic heterocycles. The minimum Gasteiger partial charge on any atom is -1.00 e. The summed E-state index contributed by atoms with van der Waals surface area (Å²) in [7, 11) is 0.243. The van der Waals surface area contributed by atoms with Gasteiger partial charge in [0.1, 0.15) is 5.75 Å². The predicted octanol–water partition coefficient (Wildman–Crippen LogP) is 1.48. The second kappa shape index (κ2) is 12.5. The molecular formula is C17H27BrOS. The highest BCUT2D eigenvalue weighted by atomic mass is 79.9. The zero-order chi connectivity index (χ0) is 13.9. The van der Waals surface area contributed by atoms with Crippen molar-refractivity contribution in [2.75, 3.05) is 17.8 Å². The van der Waals surface area contributed by atoms with Crippen molar-refractivity contribution in [1.29, 1.82) is 0 Å². The summed E-state index contributed by atoms with van der Waals surface area (Å²) < 4.78 is 0. The van der Waals surface area contributed by atoms with Crippen LogP contribution in [0.3, 0.4) is 0 Å². The van der Waals surface area contributed by atoms with E-state index in [1.807, 2.05) is 30.3 Å². The van der Waals surface area contributed by atoms with Crippen LogP contribution in [0.15, 0.2) is 30.3 Å². The van der Waals surface area contributed by atoms with E-state index in [9.17, 15) is 4.79 Å². The molecule has 0 aliphatic rings. The smallest absolute Gasteiger partial charge is 0.211 e. The molecule has 20 heavy (non-hydrogen) atoms. The summed E-state index contributed by atoms with van der Waals surface area (Å²) in [4.78, 5) is 12.0. The van der Waals surface area contributed by atoms with Gasteiger partial charge in [-0.05, 0) is 23.7 Å². The van der Waals surface area contributed by atoms with Crippen molar-refractivity contribution in [2.24, 2.45) is 0 Å². The average molecular weight is 359 g/mol. The third-order valence-corrected chi connectivity index (χ3v) is 5.06. The lowest BCUT2D eigenvalue weighted by Gasteiger charge is -2.04. The van der Waals surface area contributed by atoms with E-state index in [1.165, 1.54) is 44.3 Å². The van der Waals surface area contributed by atoms with Gasteiger partial charge in [0.05, 0.1) is 6.26 Å². The van der Waals surface area contributed by atoms with Gasteiger partial charge in [-0.2, -0.15) is 0 Å². The topological polar surface area (TPSA) is 17.1 Å². The fourth-order valence-corrected chi connectivity index (χ4v) is 3.59. The Morgan fingerprint density at radius 2 is 1.60 bits per heavy atom. The largest absolute Gasteiger partial charge is 1.00 e. The first-order valence-electron chi connectivity index (χ1n) is 7.41. The van der Waals surface area contributed by atoms with Gasteiger partial charge in [-0.3, -0.25) is 4.79 Å². The maximum Gasteiger partial charge on any atom is 0.211 e. The van der Waals surface area contributed by atoms with Crippen LogP contribution < -0.4 is 17.0 Å². The van der Waals surface area contributed by atoms with E-state index >= 15 is 0 Å². The van der Waals surface area contributed by atoms with Crippen molar-refractivity contribution in [2.45, 2.75) is 45.4 Å². The molecule has 1 unspecified atom stereocenters. The Labute approximate surface area is 137 Å². The average Bonchev–Trinajstić information content (AvgIpc) is 2.43. The molecular weight excluding hydrogens is 332 g/mol. The summed E-state index contributed by atoms with van der Waals surface area (Å²) in [6.07, 6.45) is 10.2. The highest BCUT2D eigenvalue weighted by molar-refractivity contribution is 7.96. The third kappa shape index (κ3) is 8.80. The number of rotatable bonds is 10. The Hall–Kier alpha value is -0.280. The minimum absolute atomic E-state index is 0. The van der Waals surface area contributed by atoms with Crippen molar-refractivity contribution in [3.8, 4) is 0 Å². The first-order chi connectivity index (χ1) is 9.24. The molecule has 0 spiro atoms. The number of ketones is 1. The van der Waals surface area contributed by atoms with Crippen LogP contribution in [0, 0.1) is 0 Å². The zero-order valence-corrected chi connectivity index (χ0v) is 15.1. The fraction of sp³-hybridized carbons (Fsp3) is 0.588. The van der Waals surface area contributed by atoms with Crippen LogP contribution in [0.5, 0.6) is 0 Å². The van der Waals surface area contributed by atoms with Crippen LogP contribution >= 0.6 is 0 Å². The molecule has 1 atom stereocenters. The van der Waals surface area contributed by atoms with Gasteiger partial charge < -0.3 is 17.0 Å². The van der Waals surface area contributed by atoms with Crippen molar-refractivity contribution >= 4 is 16.7 Å². The number of Topliss-reactive ketones (excluding diaryl/α,β-unsaturated/α-hetero) is 1. The van der Waals surface area contributed by atoms with E-state index in [4.69, 9.17) is 0 Å². The van der Waals surface area contributed by atoms with Gasteiger partial charge in [0.15, 0.2) is 5.75 Å². The standard InChI is InChI=1S/C17H27OS.BrH/c1-3-4-5-6-7-11-14-19(2)15-17(18)16-12-9-8-10-13-16;/h8-10,12-13H,3-7,11,14-15H2,1-2H3;1H/q+1;/p-1. The van der Waals surface area contributed by atoms with Gasteiger partial charge in [0.25, 0.3) is 0 Å². The molecule has 1 aromatic carbocycles. The van der Waals surface area contributed by atoms with Crippen LogP contribution in [0.1, 0.15) is 55.8 Å².